The van der Waals surface area contributed by atoms with Crippen molar-refractivity contribution in [2.45, 2.75) is 25.7 Å². The third-order valence-corrected chi connectivity index (χ3v) is 3.02. The maximum absolute atomic E-state index is 11.5. The summed E-state index contributed by atoms with van der Waals surface area (Å²) in [7, 11) is 1.67. The van der Waals surface area contributed by atoms with Gasteiger partial charge in [-0.05, 0) is 48.9 Å². The van der Waals surface area contributed by atoms with Crippen LogP contribution < -0.4 is 5.32 Å². The highest BCUT2D eigenvalue weighted by Crippen LogP contribution is 2.18. The minimum absolute atomic E-state index is 0.000372. The van der Waals surface area contributed by atoms with E-state index in [1.807, 2.05) is 12.1 Å². The summed E-state index contributed by atoms with van der Waals surface area (Å²) >= 11 is 0. The van der Waals surface area contributed by atoms with Gasteiger partial charge in [-0.15, -0.1) is 0 Å². The molecule has 0 saturated carbocycles. The van der Waals surface area contributed by atoms with Crippen molar-refractivity contribution in [3.63, 3.8) is 0 Å². The van der Waals surface area contributed by atoms with Gasteiger partial charge in [-0.1, -0.05) is 18.2 Å². The zero-order chi connectivity index (χ0) is 11.4. The average Bonchev–Trinajstić information content (AvgIpc) is 2.28. The molecule has 1 aromatic rings. The van der Waals surface area contributed by atoms with E-state index >= 15 is 0 Å². The predicted molar refractivity (Wildman–Crippen MR) is 65.6 cm³/mol. The number of benzene rings is 1. The van der Waals surface area contributed by atoms with Crippen molar-refractivity contribution in [1.29, 1.82) is 0 Å². The molecule has 0 aromatic heterocycles. The highest BCUT2D eigenvalue weighted by Gasteiger charge is 2.08. The molecule has 1 N–H and O–H groups in total. The molecule has 0 radical (unpaired) electrons. The molecule has 2 rings (SSSR count). The number of allylic oxidation sites excluding steroid dienone is 2. The van der Waals surface area contributed by atoms with Gasteiger partial charge >= 0.3 is 0 Å². The Bertz CT molecular complexity index is 421. The van der Waals surface area contributed by atoms with Crippen molar-refractivity contribution in [1.82, 2.24) is 5.32 Å². The van der Waals surface area contributed by atoms with Gasteiger partial charge in [0.25, 0.3) is 5.91 Å². The first kappa shape index (κ1) is 10.9. The third kappa shape index (κ3) is 2.32. The lowest BCUT2D eigenvalue weighted by Crippen LogP contribution is -2.18. The monoisotopic (exact) mass is 215 g/mol. The first-order valence-corrected chi connectivity index (χ1v) is 5.80. The van der Waals surface area contributed by atoms with Gasteiger partial charge in [0.1, 0.15) is 0 Å². The first-order valence-electron chi connectivity index (χ1n) is 5.80. The summed E-state index contributed by atoms with van der Waals surface area (Å²) < 4.78 is 0. The second-order valence-electron chi connectivity index (χ2n) is 4.11. The van der Waals surface area contributed by atoms with E-state index in [-0.39, 0.29) is 5.91 Å². The van der Waals surface area contributed by atoms with Crippen LogP contribution in [-0.2, 0) is 12.8 Å². The van der Waals surface area contributed by atoms with Crippen LogP contribution in [0.3, 0.4) is 0 Å². The van der Waals surface area contributed by atoms with Crippen LogP contribution in [0.2, 0.25) is 0 Å². The Balaban J connectivity index is 2.30. The molecule has 1 aromatic carbocycles. The van der Waals surface area contributed by atoms with Crippen molar-refractivity contribution >= 4 is 5.91 Å². The summed E-state index contributed by atoms with van der Waals surface area (Å²) in [5.74, 6) is 0.000372. The summed E-state index contributed by atoms with van der Waals surface area (Å²) in [4.78, 5) is 11.5. The molecule has 0 heterocycles. The van der Waals surface area contributed by atoms with Crippen LogP contribution in [0.1, 0.15) is 34.3 Å². The molecule has 84 valence electrons. The van der Waals surface area contributed by atoms with Gasteiger partial charge in [0.2, 0.25) is 0 Å². The molecule has 0 unspecified atom stereocenters. The maximum atomic E-state index is 11.5. The van der Waals surface area contributed by atoms with E-state index in [9.17, 15) is 4.79 Å². The van der Waals surface area contributed by atoms with Crippen molar-refractivity contribution in [2.75, 3.05) is 7.05 Å². The van der Waals surface area contributed by atoms with Crippen molar-refractivity contribution in [3.8, 4) is 0 Å². The molecule has 16 heavy (non-hydrogen) atoms. The van der Waals surface area contributed by atoms with Gasteiger partial charge in [-0.2, -0.15) is 0 Å². The van der Waals surface area contributed by atoms with E-state index in [0.29, 0.717) is 0 Å². The number of hydrogen-bond acceptors (Lipinski definition) is 1. The molecule has 0 bridgehead atoms. The van der Waals surface area contributed by atoms with Crippen molar-refractivity contribution < 1.29 is 4.79 Å². The van der Waals surface area contributed by atoms with E-state index in [1.54, 1.807) is 7.05 Å². The molecule has 0 saturated heterocycles. The zero-order valence-electron chi connectivity index (χ0n) is 9.62. The topological polar surface area (TPSA) is 29.1 Å². The Hall–Kier alpha value is -1.57. The molecule has 1 aliphatic rings. The number of carbonyl (C=O) groups is 1. The van der Waals surface area contributed by atoms with Crippen LogP contribution in [0.5, 0.6) is 0 Å². The van der Waals surface area contributed by atoms with Gasteiger partial charge in [0, 0.05) is 12.6 Å². The number of fused-ring (bicyclic) bond motifs is 1. The summed E-state index contributed by atoms with van der Waals surface area (Å²) in [6, 6.07) is 6.05. The van der Waals surface area contributed by atoms with Gasteiger partial charge in [0.15, 0.2) is 0 Å². The lowest BCUT2D eigenvalue weighted by atomic mass is 9.94. The van der Waals surface area contributed by atoms with Crippen molar-refractivity contribution in [3.05, 3.63) is 47.0 Å². The van der Waals surface area contributed by atoms with E-state index in [0.717, 1.165) is 31.2 Å². The Labute approximate surface area is 96.4 Å². The molecular formula is C14H17NO. The molecule has 2 heteroatoms. The average molecular weight is 215 g/mol. The predicted octanol–water partition coefficient (Wildman–Crippen LogP) is 2.48. The Morgan fingerprint density at radius 2 is 1.81 bits per heavy atom. The zero-order valence-corrected chi connectivity index (χ0v) is 9.62. The molecule has 1 aliphatic carbocycles. The van der Waals surface area contributed by atoms with E-state index in [4.69, 9.17) is 0 Å². The summed E-state index contributed by atoms with van der Waals surface area (Å²) in [5, 5.41) is 2.66. The van der Waals surface area contributed by atoms with Gasteiger partial charge in [-0.25, -0.2) is 0 Å². The molecular weight excluding hydrogens is 198 g/mol. The third-order valence-electron chi connectivity index (χ3n) is 3.02. The minimum atomic E-state index is 0.000372. The summed E-state index contributed by atoms with van der Waals surface area (Å²) in [6.07, 6.45) is 8.78. The summed E-state index contributed by atoms with van der Waals surface area (Å²) in [6.45, 7) is 0. The molecule has 0 atom stereocenters. The van der Waals surface area contributed by atoms with Crippen LogP contribution in [0.4, 0.5) is 0 Å². The normalized spacial score (nSPS) is 16.8. The highest BCUT2D eigenvalue weighted by molar-refractivity contribution is 5.94. The largest absolute Gasteiger partial charge is 0.355 e. The van der Waals surface area contributed by atoms with Crippen LogP contribution in [0.15, 0.2) is 30.4 Å². The second-order valence-corrected chi connectivity index (χ2v) is 4.11. The molecule has 1 amide bonds. The number of amides is 1. The van der Waals surface area contributed by atoms with Crippen molar-refractivity contribution in [2.24, 2.45) is 0 Å². The van der Waals surface area contributed by atoms with E-state index in [1.165, 1.54) is 11.1 Å². The fourth-order valence-corrected chi connectivity index (χ4v) is 2.10. The van der Waals surface area contributed by atoms with Crippen LogP contribution in [0, 0.1) is 0 Å². The summed E-state index contributed by atoms with van der Waals surface area (Å²) in [5.41, 5.74) is 3.48. The molecule has 2 nitrogen and oxygen atoms in total. The Morgan fingerprint density at radius 1 is 1.12 bits per heavy atom. The number of aryl methyl sites for hydroxylation is 2. The highest BCUT2D eigenvalue weighted by atomic mass is 16.1. The fourth-order valence-electron chi connectivity index (χ4n) is 2.10. The van der Waals surface area contributed by atoms with E-state index in [2.05, 4.69) is 23.5 Å². The maximum Gasteiger partial charge on any atom is 0.251 e. The number of carbonyl (C=O) groups excluding carboxylic acids is 1. The Morgan fingerprint density at radius 3 is 2.50 bits per heavy atom. The smallest absolute Gasteiger partial charge is 0.251 e. The molecule has 0 aliphatic heterocycles. The fraction of sp³-hybridized carbons (Fsp3) is 0.357. The van der Waals surface area contributed by atoms with Gasteiger partial charge in [0.05, 0.1) is 0 Å². The number of rotatable bonds is 1. The second kappa shape index (κ2) is 4.97. The number of nitrogens with one attached hydrogen (secondary N) is 1. The molecule has 0 fully saturated rings. The Kier molecular flexibility index (Phi) is 3.40. The lowest BCUT2D eigenvalue weighted by Gasteiger charge is -2.12. The minimum Gasteiger partial charge on any atom is -0.355 e. The standard InChI is InChI=1S/C14H17NO/c1-15-14(16)13-9-8-11-6-4-2-3-5-7-12(11)10-13/h2-3,8-10H,4-7H2,1H3,(H,15,16)/b3-2+. The number of hydrogen-bond donors (Lipinski definition) is 1. The SMILES string of the molecule is CNC(=O)c1ccc2c(c1)CC/C=C/CC2. The van der Waals surface area contributed by atoms with Gasteiger partial charge < -0.3 is 5.32 Å². The van der Waals surface area contributed by atoms with Crippen LogP contribution in [-0.4, -0.2) is 13.0 Å². The van der Waals surface area contributed by atoms with Crippen LogP contribution >= 0.6 is 0 Å². The van der Waals surface area contributed by atoms with Gasteiger partial charge in [-0.3, -0.25) is 4.79 Å². The first-order chi connectivity index (χ1) is 7.81. The van der Waals surface area contributed by atoms with Crippen LogP contribution in [0.25, 0.3) is 0 Å². The molecule has 0 spiro atoms. The van der Waals surface area contributed by atoms with E-state index < -0.39 is 0 Å². The lowest BCUT2D eigenvalue weighted by molar-refractivity contribution is 0.0963. The quantitative estimate of drug-likeness (QED) is 0.716.